The van der Waals surface area contributed by atoms with Gasteiger partial charge in [0.05, 0.1) is 0 Å². The van der Waals surface area contributed by atoms with E-state index in [0.717, 1.165) is 4.73 Å². The average Bonchev–Trinajstić information content (AvgIpc) is 1.86. The zero-order valence-electron chi connectivity index (χ0n) is 3.61. The smallest absolute Gasteiger partial charge is 0.0432 e. The van der Waals surface area contributed by atoms with Crippen LogP contribution >= 0.6 is 12.4 Å². The van der Waals surface area contributed by atoms with Gasteiger partial charge in [0.15, 0.2) is 0 Å². The predicted molar refractivity (Wildman–Crippen MR) is 28.9 cm³/mol. The van der Waals surface area contributed by atoms with Crippen molar-refractivity contribution in [3.63, 3.8) is 0 Å². The normalized spacial score (nSPS) is 7.43. The zero-order chi connectivity index (χ0) is 4.41. The van der Waals surface area contributed by atoms with E-state index in [1.807, 2.05) is 0 Å². The highest BCUT2D eigenvalue weighted by Crippen LogP contribution is 1.79. The van der Waals surface area contributed by atoms with Crippen molar-refractivity contribution in [3.05, 3.63) is 24.5 Å². The molecule has 0 unspecified atom stereocenters. The Morgan fingerprint density at radius 1 is 1.14 bits per heavy atom. The maximum absolute atomic E-state index is 8.39. The van der Waals surface area contributed by atoms with E-state index >= 15 is 0 Å². The Morgan fingerprint density at radius 3 is 1.71 bits per heavy atom. The Morgan fingerprint density at radius 2 is 1.57 bits per heavy atom. The predicted octanol–water partition coefficient (Wildman–Crippen LogP) is 1.15. The van der Waals surface area contributed by atoms with Crippen LogP contribution in [0.1, 0.15) is 0 Å². The first kappa shape index (κ1) is 6.37. The first-order valence-electron chi connectivity index (χ1n) is 1.72. The van der Waals surface area contributed by atoms with Crippen LogP contribution < -0.4 is 0 Å². The Bertz CT molecular complexity index is 115. The van der Waals surface area contributed by atoms with Gasteiger partial charge in [-0.3, -0.25) is 0 Å². The first-order valence-corrected chi connectivity index (χ1v) is 1.72. The monoisotopic (exact) mass is 119 g/mol. The number of halogens is 1. The minimum atomic E-state index is 0. The van der Waals surface area contributed by atoms with Crippen LogP contribution in [0, 0.1) is 0 Å². The minimum absolute atomic E-state index is 0. The lowest BCUT2D eigenvalue weighted by Crippen LogP contribution is -1.78. The highest BCUT2D eigenvalue weighted by Gasteiger charge is 1.70. The summed E-state index contributed by atoms with van der Waals surface area (Å²) in [5.74, 6) is 0. The summed E-state index contributed by atoms with van der Waals surface area (Å²) in [6.07, 6.45) is 3.11. The summed E-state index contributed by atoms with van der Waals surface area (Å²) in [6.45, 7) is 0. The summed E-state index contributed by atoms with van der Waals surface area (Å²) in [5.41, 5.74) is 0. The lowest BCUT2D eigenvalue weighted by molar-refractivity contribution is 0.187. The first-order chi connectivity index (χ1) is 2.89. The minimum Gasteiger partial charge on any atom is -0.429 e. The third-order valence-electron chi connectivity index (χ3n) is 0.589. The second-order valence-corrected chi connectivity index (χ2v) is 1.06. The molecule has 1 aromatic heterocycles. The molecule has 1 N–H and O–H groups in total. The van der Waals surface area contributed by atoms with Gasteiger partial charge in [-0.25, -0.2) is 4.73 Å². The standard InChI is InChI=1S/C4H5NO.ClH/c6-5-3-1-2-4-5;/h1-4,6H;1H. The van der Waals surface area contributed by atoms with E-state index in [-0.39, 0.29) is 12.4 Å². The van der Waals surface area contributed by atoms with E-state index in [4.69, 9.17) is 5.21 Å². The molecule has 0 saturated heterocycles. The Balaban J connectivity index is 0.000000360. The molecule has 0 aliphatic rings. The SMILES string of the molecule is Cl.On1cccc1. The van der Waals surface area contributed by atoms with Crippen molar-refractivity contribution in [2.45, 2.75) is 0 Å². The molecule has 0 atom stereocenters. The maximum Gasteiger partial charge on any atom is 0.0432 e. The molecule has 7 heavy (non-hydrogen) atoms. The summed E-state index contributed by atoms with van der Waals surface area (Å²) >= 11 is 0. The topological polar surface area (TPSA) is 25.2 Å². The molecule has 0 aliphatic heterocycles. The van der Waals surface area contributed by atoms with Gasteiger partial charge in [-0.05, 0) is 12.1 Å². The van der Waals surface area contributed by atoms with Gasteiger partial charge in [0.25, 0.3) is 0 Å². The molecule has 2 nitrogen and oxygen atoms in total. The van der Waals surface area contributed by atoms with Gasteiger partial charge in [0, 0.05) is 12.4 Å². The van der Waals surface area contributed by atoms with Gasteiger partial charge in [0.1, 0.15) is 0 Å². The number of rotatable bonds is 0. The van der Waals surface area contributed by atoms with Crippen LogP contribution in [0.15, 0.2) is 24.5 Å². The summed E-state index contributed by atoms with van der Waals surface area (Å²) < 4.78 is 1.00. The van der Waals surface area contributed by atoms with Crippen LogP contribution in [0.3, 0.4) is 0 Å². The molecular weight excluding hydrogens is 114 g/mol. The second-order valence-electron chi connectivity index (χ2n) is 1.06. The second kappa shape index (κ2) is 2.53. The van der Waals surface area contributed by atoms with Crippen molar-refractivity contribution in [3.8, 4) is 0 Å². The molecule has 0 spiro atoms. The number of hydrogen-bond donors (Lipinski definition) is 1. The highest BCUT2D eigenvalue weighted by molar-refractivity contribution is 5.85. The van der Waals surface area contributed by atoms with Crippen molar-refractivity contribution < 1.29 is 5.21 Å². The summed E-state index contributed by atoms with van der Waals surface area (Å²) in [4.78, 5) is 0. The van der Waals surface area contributed by atoms with Crippen LogP contribution in [0.25, 0.3) is 0 Å². The third kappa shape index (κ3) is 1.50. The maximum atomic E-state index is 8.39. The molecule has 0 aromatic carbocycles. The molecule has 0 bridgehead atoms. The molecule has 0 radical (unpaired) electrons. The fraction of sp³-hybridized carbons (Fsp3) is 0. The van der Waals surface area contributed by atoms with Gasteiger partial charge in [-0.1, -0.05) is 0 Å². The quantitative estimate of drug-likeness (QED) is 0.509. The molecule has 1 heterocycles. The van der Waals surface area contributed by atoms with E-state index in [0.29, 0.717) is 0 Å². The highest BCUT2D eigenvalue weighted by atomic mass is 35.5. The Kier molecular flexibility index (Phi) is 2.30. The van der Waals surface area contributed by atoms with Crippen LogP contribution in [0.5, 0.6) is 0 Å². The number of aromatic nitrogens is 1. The van der Waals surface area contributed by atoms with Crippen LogP contribution in [0.4, 0.5) is 0 Å². The van der Waals surface area contributed by atoms with E-state index in [9.17, 15) is 0 Å². The molecule has 3 heteroatoms. The fourth-order valence-corrected chi connectivity index (χ4v) is 0.325. The zero-order valence-corrected chi connectivity index (χ0v) is 4.43. The lowest BCUT2D eigenvalue weighted by atomic mass is 10.7. The molecule has 1 aromatic rings. The molecule has 1 rings (SSSR count). The third-order valence-corrected chi connectivity index (χ3v) is 0.589. The lowest BCUT2D eigenvalue weighted by Gasteiger charge is -1.79. The molecule has 0 saturated carbocycles. The fourth-order valence-electron chi connectivity index (χ4n) is 0.325. The molecule has 0 fully saturated rings. The Labute approximate surface area is 47.8 Å². The average molecular weight is 120 g/mol. The van der Waals surface area contributed by atoms with Crippen molar-refractivity contribution in [1.29, 1.82) is 0 Å². The van der Waals surface area contributed by atoms with Crippen molar-refractivity contribution in [1.82, 2.24) is 4.73 Å². The summed E-state index contributed by atoms with van der Waals surface area (Å²) in [6, 6.07) is 3.50. The van der Waals surface area contributed by atoms with Gasteiger partial charge < -0.3 is 5.21 Å². The van der Waals surface area contributed by atoms with Gasteiger partial charge in [-0.15, -0.1) is 12.4 Å². The van der Waals surface area contributed by atoms with Crippen molar-refractivity contribution in [2.75, 3.05) is 0 Å². The van der Waals surface area contributed by atoms with E-state index in [1.165, 1.54) is 0 Å². The number of hydrogen-bond acceptors (Lipinski definition) is 1. The molecule has 0 aliphatic carbocycles. The van der Waals surface area contributed by atoms with Crippen LogP contribution in [-0.4, -0.2) is 9.94 Å². The largest absolute Gasteiger partial charge is 0.429 e. The number of nitrogens with zero attached hydrogens (tertiary/aromatic N) is 1. The van der Waals surface area contributed by atoms with Gasteiger partial charge in [-0.2, -0.15) is 0 Å². The van der Waals surface area contributed by atoms with E-state index in [2.05, 4.69) is 0 Å². The molecule has 40 valence electrons. The van der Waals surface area contributed by atoms with Crippen molar-refractivity contribution in [2.24, 2.45) is 0 Å². The van der Waals surface area contributed by atoms with Gasteiger partial charge in [0.2, 0.25) is 0 Å². The van der Waals surface area contributed by atoms with Crippen LogP contribution in [0.2, 0.25) is 0 Å². The summed E-state index contributed by atoms with van der Waals surface area (Å²) in [7, 11) is 0. The van der Waals surface area contributed by atoms with E-state index in [1.54, 1.807) is 24.5 Å². The molecule has 0 amide bonds. The molecular formula is C4H6ClNO. The van der Waals surface area contributed by atoms with Gasteiger partial charge >= 0.3 is 0 Å². The summed E-state index contributed by atoms with van der Waals surface area (Å²) in [5, 5.41) is 8.39. The Hall–Kier alpha value is -0.630. The van der Waals surface area contributed by atoms with Crippen molar-refractivity contribution >= 4 is 12.4 Å². The van der Waals surface area contributed by atoms with Crippen LogP contribution in [-0.2, 0) is 0 Å². The van der Waals surface area contributed by atoms with E-state index < -0.39 is 0 Å².